The van der Waals surface area contributed by atoms with Crippen LogP contribution in [0.1, 0.15) is 21.5 Å². The maximum absolute atomic E-state index is 13.4. The van der Waals surface area contributed by atoms with Gasteiger partial charge in [0.25, 0.3) is 5.91 Å². The van der Waals surface area contributed by atoms with Crippen LogP contribution in [0.25, 0.3) is 0 Å². The SMILES string of the molecule is Cc1cccc(C(=O)NCc2cc(F)ccc2F)c1O. The number of nitrogens with one attached hydrogen (secondary N) is 1. The Morgan fingerprint density at radius 3 is 2.75 bits per heavy atom. The molecule has 0 aliphatic carbocycles. The first-order chi connectivity index (χ1) is 9.49. The van der Waals surface area contributed by atoms with E-state index in [1.165, 1.54) is 6.07 Å². The minimum absolute atomic E-state index is 0.0468. The standard InChI is InChI=1S/C15H13F2NO2/c1-9-3-2-4-12(14(9)19)15(20)18-8-10-7-11(16)5-6-13(10)17/h2-7,19H,8H2,1H3,(H,18,20). The molecule has 0 aliphatic rings. The fourth-order valence-corrected chi connectivity index (χ4v) is 1.79. The predicted molar refractivity (Wildman–Crippen MR) is 70.4 cm³/mol. The summed E-state index contributed by atoms with van der Waals surface area (Å²) >= 11 is 0. The zero-order valence-electron chi connectivity index (χ0n) is 10.8. The molecule has 0 saturated heterocycles. The number of carbonyl (C=O) groups is 1. The fourth-order valence-electron chi connectivity index (χ4n) is 1.79. The van der Waals surface area contributed by atoms with E-state index in [4.69, 9.17) is 0 Å². The van der Waals surface area contributed by atoms with Crippen molar-refractivity contribution < 1.29 is 18.7 Å². The van der Waals surface area contributed by atoms with Gasteiger partial charge in [-0.1, -0.05) is 12.1 Å². The van der Waals surface area contributed by atoms with Gasteiger partial charge in [-0.2, -0.15) is 0 Å². The second-order valence-electron chi connectivity index (χ2n) is 4.39. The highest BCUT2D eigenvalue weighted by atomic mass is 19.1. The smallest absolute Gasteiger partial charge is 0.255 e. The number of phenols is 1. The number of amides is 1. The van der Waals surface area contributed by atoms with Crippen LogP contribution in [0.2, 0.25) is 0 Å². The van der Waals surface area contributed by atoms with Gasteiger partial charge in [0.1, 0.15) is 17.4 Å². The van der Waals surface area contributed by atoms with Crippen molar-refractivity contribution in [2.75, 3.05) is 0 Å². The molecule has 0 unspecified atom stereocenters. The number of carbonyl (C=O) groups excluding carboxylic acids is 1. The van der Waals surface area contributed by atoms with Gasteiger partial charge in [0.05, 0.1) is 5.56 Å². The van der Waals surface area contributed by atoms with Crippen molar-refractivity contribution >= 4 is 5.91 Å². The average Bonchev–Trinajstić information content (AvgIpc) is 2.42. The molecule has 0 heterocycles. The molecule has 3 nitrogen and oxygen atoms in total. The Kier molecular flexibility index (Phi) is 3.98. The topological polar surface area (TPSA) is 49.3 Å². The van der Waals surface area contributed by atoms with E-state index >= 15 is 0 Å². The summed E-state index contributed by atoms with van der Waals surface area (Å²) in [6.45, 7) is 1.51. The van der Waals surface area contributed by atoms with Crippen molar-refractivity contribution in [2.45, 2.75) is 13.5 Å². The molecule has 0 spiro atoms. The van der Waals surface area contributed by atoms with E-state index in [1.54, 1.807) is 19.1 Å². The van der Waals surface area contributed by atoms with Crippen molar-refractivity contribution in [1.82, 2.24) is 5.32 Å². The van der Waals surface area contributed by atoms with Gasteiger partial charge in [0.2, 0.25) is 0 Å². The summed E-state index contributed by atoms with van der Waals surface area (Å²) in [5, 5.41) is 12.2. The monoisotopic (exact) mass is 277 g/mol. The first kappa shape index (κ1) is 14.0. The largest absolute Gasteiger partial charge is 0.507 e. The normalized spacial score (nSPS) is 10.3. The maximum Gasteiger partial charge on any atom is 0.255 e. The minimum atomic E-state index is -0.597. The molecule has 0 aromatic heterocycles. The molecule has 104 valence electrons. The van der Waals surface area contributed by atoms with Crippen LogP contribution >= 0.6 is 0 Å². The zero-order chi connectivity index (χ0) is 14.7. The number of rotatable bonds is 3. The van der Waals surface area contributed by atoms with Crippen LogP contribution in [-0.2, 0) is 6.54 Å². The van der Waals surface area contributed by atoms with E-state index in [0.29, 0.717) is 5.56 Å². The van der Waals surface area contributed by atoms with Crippen LogP contribution in [0, 0.1) is 18.6 Å². The van der Waals surface area contributed by atoms with E-state index in [9.17, 15) is 18.7 Å². The van der Waals surface area contributed by atoms with Gasteiger partial charge in [0.15, 0.2) is 0 Å². The summed E-state index contributed by atoms with van der Waals surface area (Å²) in [7, 11) is 0. The van der Waals surface area contributed by atoms with E-state index in [2.05, 4.69) is 5.32 Å². The van der Waals surface area contributed by atoms with E-state index < -0.39 is 17.5 Å². The molecular weight excluding hydrogens is 264 g/mol. The second-order valence-corrected chi connectivity index (χ2v) is 4.39. The van der Waals surface area contributed by atoms with Crippen LogP contribution < -0.4 is 5.32 Å². The van der Waals surface area contributed by atoms with E-state index in [-0.39, 0.29) is 23.4 Å². The van der Waals surface area contributed by atoms with Crippen molar-refractivity contribution in [3.63, 3.8) is 0 Å². The lowest BCUT2D eigenvalue weighted by Gasteiger charge is -2.09. The van der Waals surface area contributed by atoms with Gasteiger partial charge in [0, 0.05) is 12.1 Å². The third-order valence-corrected chi connectivity index (χ3v) is 2.93. The summed E-state index contributed by atoms with van der Waals surface area (Å²) in [5.74, 6) is -1.84. The van der Waals surface area contributed by atoms with Crippen LogP contribution in [0.4, 0.5) is 8.78 Å². The molecule has 0 bridgehead atoms. The predicted octanol–water partition coefficient (Wildman–Crippen LogP) is 2.91. The highest BCUT2D eigenvalue weighted by molar-refractivity contribution is 5.97. The second kappa shape index (κ2) is 5.69. The number of aromatic hydroxyl groups is 1. The van der Waals surface area contributed by atoms with Crippen molar-refractivity contribution in [2.24, 2.45) is 0 Å². The quantitative estimate of drug-likeness (QED) is 0.906. The molecule has 0 saturated carbocycles. The number of halogens is 2. The molecular formula is C15H13F2NO2. The van der Waals surface area contributed by atoms with Crippen molar-refractivity contribution in [3.05, 3.63) is 64.7 Å². The van der Waals surface area contributed by atoms with Crippen molar-refractivity contribution in [3.8, 4) is 5.75 Å². The van der Waals surface area contributed by atoms with Gasteiger partial charge in [-0.15, -0.1) is 0 Å². The molecule has 2 rings (SSSR count). The summed E-state index contributed by atoms with van der Waals surface area (Å²) in [5.41, 5.74) is 0.710. The molecule has 5 heteroatoms. The Bertz CT molecular complexity index is 656. The van der Waals surface area contributed by atoms with Crippen LogP contribution in [0.5, 0.6) is 5.75 Å². The average molecular weight is 277 g/mol. The fraction of sp³-hybridized carbons (Fsp3) is 0.133. The Hall–Kier alpha value is -2.43. The van der Waals surface area contributed by atoms with Crippen LogP contribution in [0.15, 0.2) is 36.4 Å². The molecule has 2 aromatic rings. The molecule has 20 heavy (non-hydrogen) atoms. The van der Waals surface area contributed by atoms with Gasteiger partial charge in [-0.05, 0) is 36.8 Å². The lowest BCUT2D eigenvalue weighted by atomic mass is 10.1. The molecule has 0 aliphatic heterocycles. The highest BCUT2D eigenvalue weighted by Crippen LogP contribution is 2.21. The molecule has 2 aromatic carbocycles. The first-order valence-electron chi connectivity index (χ1n) is 5.99. The summed E-state index contributed by atoms with van der Waals surface area (Å²) < 4.78 is 26.4. The first-order valence-corrected chi connectivity index (χ1v) is 5.99. The molecule has 0 fully saturated rings. The Morgan fingerprint density at radius 2 is 2.00 bits per heavy atom. The van der Waals surface area contributed by atoms with Gasteiger partial charge in [-0.25, -0.2) is 8.78 Å². The van der Waals surface area contributed by atoms with E-state index in [0.717, 1.165) is 18.2 Å². The van der Waals surface area contributed by atoms with Crippen LogP contribution in [0.3, 0.4) is 0 Å². The Morgan fingerprint density at radius 1 is 1.25 bits per heavy atom. The summed E-state index contributed by atoms with van der Waals surface area (Å²) in [4.78, 5) is 11.9. The number of phenolic OH excluding ortho intramolecular Hbond substituents is 1. The number of benzene rings is 2. The molecule has 1 amide bonds. The van der Waals surface area contributed by atoms with E-state index in [1.807, 2.05) is 0 Å². The summed E-state index contributed by atoms with van der Waals surface area (Å²) in [6, 6.07) is 7.78. The van der Waals surface area contributed by atoms with Gasteiger partial charge in [-0.3, -0.25) is 4.79 Å². The summed E-state index contributed by atoms with van der Waals surface area (Å²) in [6.07, 6.45) is 0. The Balaban J connectivity index is 2.13. The number of hydrogen-bond acceptors (Lipinski definition) is 2. The lowest BCUT2D eigenvalue weighted by Crippen LogP contribution is -2.23. The van der Waals surface area contributed by atoms with Gasteiger partial charge < -0.3 is 10.4 Å². The van der Waals surface area contributed by atoms with Gasteiger partial charge >= 0.3 is 0 Å². The molecule has 2 N–H and O–H groups in total. The minimum Gasteiger partial charge on any atom is -0.507 e. The number of para-hydroxylation sites is 1. The molecule has 0 atom stereocenters. The van der Waals surface area contributed by atoms with Crippen LogP contribution in [-0.4, -0.2) is 11.0 Å². The number of aryl methyl sites for hydroxylation is 1. The third kappa shape index (κ3) is 2.93. The third-order valence-electron chi connectivity index (χ3n) is 2.93. The molecule has 0 radical (unpaired) electrons. The highest BCUT2D eigenvalue weighted by Gasteiger charge is 2.13. The Labute approximate surface area is 114 Å². The lowest BCUT2D eigenvalue weighted by molar-refractivity contribution is 0.0947. The maximum atomic E-state index is 13.4. The zero-order valence-corrected chi connectivity index (χ0v) is 10.8. The number of hydrogen-bond donors (Lipinski definition) is 2. The van der Waals surface area contributed by atoms with Crippen molar-refractivity contribution in [1.29, 1.82) is 0 Å².